The third kappa shape index (κ3) is 5.03. The predicted molar refractivity (Wildman–Crippen MR) is 139 cm³/mol. The Bertz CT molecular complexity index is 1430. The van der Waals surface area contributed by atoms with Crippen LogP contribution in [0.15, 0.2) is 42.7 Å². The molecule has 1 aliphatic carbocycles. The molecule has 0 radical (unpaired) electrons. The first kappa shape index (κ1) is 26.9. The summed E-state index contributed by atoms with van der Waals surface area (Å²) in [6.07, 6.45) is -0.0351. The summed E-state index contributed by atoms with van der Waals surface area (Å²) in [4.78, 5) is 28.7. The minimum Gasteiger partial charge on any atom is -0.332 e. The maximum Gasteiger partial charge on any atom is 0.416 e. The van der Waals surface area contributed by atoms with Crippen molar-refractivity contribution in [1.29, 1.82) is 0 Å². The van der Waals surface area contributed by atoms with Gasteiger partial charge in [0.1, 0.15) is 12.4 Å². The number of hydrogen-bond acceptors (Lipinski definition) is 5. The van der Waals surface area contributed by atoms with Crippen molar-refractivity contribution in [1.82, 2.24) is 25.0 Å². The van der Waals surface area contributed by atoms with Gasteiger partial charge in [0.15, 0.2) is 5.82 Å². The van der Waals surface area contributed by atoms with Crippen LogP contribution < -0.4 is 10.2 Å². The minimum atomic E-state index is -4.60. The maximum absolute atomic E-state index is 14.2. The zero-order valence-electron chi connectivity index (χ0n) is 22.3. The van der Waals surface area contributed by atoms with Gasteiger partial charge in [-0.05, 0) is 67.1 Å². The smallest absolute Gasteiger partial charge is 0.332 e. The van der Waals surface area contributed by atoms with E-state index < -0.39 is 23.7 Å². The Labute approximate surface area is 224 Å². The topological polar surface area (TPSA) is 83.4 Å². The van der Waals surface area contributed by atoms with Gasteiger partial charge in [-0.3, -0.25) is 9.59 Å². The third-order valence-corrected chi connectivity index (χ3v) is 7.96. The van der Waals surface area contributed by atoms with Gasteiger partial charge < -0.3 is 19.7 Å². The number of anilines is 1. The quantitative estimate of drug-likeness (QED) is 0.474. The van der Waals surface area contributed by atoms with Gasteiger partial charge in [-0.15, -0.1) is 10.2 Å². The van der Waals surface area contributed by atoms with Gasteiger partial charge in [-0.1, -0.05) is 12.1 Å². The lowest BCUT2D eigenvalue weighted by molar-refractivity contribution is -0.138. The summed E-state index contributed by atoms with van der Waals surface area (Å²) >= 11 is 0. The summed E-state index contributed by atoms with van der Waals surface area (Å²) in [5, 5.41) is 11.5. The van der Waals surface area contributed by atoms with Crippen LogP contribution in [-0.4, -0.2) is 44.1 Å². The molecule has 2 aromatic carbocycles. The van der Waals surface area contributed by atoms with E-state index in [1.54, 1.807) is 49.0 Å². The van der Waals surface area contributed by atoms with E-state index in [1.165, 1.54) is 23.1 Å². The van der Waals surface area contributed by atoms with Crippen LogP contribution in [0.4, 0.5) is 18.9 Å². The zero-order valence-corrected chi connectivity index (χ0v) is 22.3. The van der Waals surface area contributed by atoms with Gasteiger partial charge in [0.25, 0.3) is 5.91 Å². The number of fused-ring (bicyclic) bond motifs is 1. The van der Waals surface area contributed by atoms with E-state index in [2.05, 4.69) is 22.4 Å². The Balaban J connectivity index is 1.50. The molecule has 2 aliphatic rings. The van der Waals surface area contributed by atoms with Gasteiger partial charge in [0.2, 0.25) is 5.91 Å². The van der Waals surface area contributed by atoms with E-state index in [0.29, 0.717) is 22.6 Å². The van der Waals surface area contributed by atoms with Crippen molar-refractivity contribution in [3.8, 4) is 0 Å². The highest BCUT2D eigenvalue weighted by Crippen LogP contribution is 2.40. The summed E-state index contributed by atoms with van der Waals surface area (Å²) in [5.74, 6) is -0.179. The number of nitrogens with one attached hydrogen (secondary N) is 1. The van der Waals surface area contributed by atoms with Crippen LogP contribution in [0.1, 0.15) is 77.6 Å². The Morgan fingerprint density at radius 3 is 2.56 bits per heavy atom. The number of hydrogen-bond donors (Lipinski definition) is 1. The molecule has 206 valence electrons. The molecule has 1 fully saturated rings. The number of carbonyl (C=O) groups excluding carboxylic acids is 2. The molecule has 1 N–H and O–H groups in total. The number of alkyl halides is 3. The highest BCUT2D eigenvalue weighted by Gasteiger charge is 2.41. The molecular formula is C28H31F3N6O2. The molecule has 11 heteroatoms. The van der Waals surface area contributed by atoms with E-state index in [4.69, 9.17) is 0 Å². The van der Waals surface area contributed by atoms with Crippen molar-refractivity contribution >= 4 is 17.5 Å². The first-order valence-corrected chi connectivity index (χ1v) is 12.8. The van der Waals surface area contributed by atoms with Crippen LogP contribution in [0.3, 0.4) is 0 Å². The van der Waals surface area contributed by atoms with Crippen molar-refractivity contribution < 1.29 is 22.8 Å². The summed E-state index contributed by atoms with van der Waals surface area (Å²) in [5.41, 5.74) is 0.700. The fourth-order valence-corrected chi connectivity index (χ4v) is 5.36. The van der Waals surface area contributed by atoms with Gasteiger partial charge >= 0.3 is 6.18 Å². The Kier molecular flexibility index (Phi) is 6.74. The molecule has 2 amide bonds. The first-order valence-electron chi connectivity index (χ1n) is 12.8. The van der Waals surface area contributed by atoms with E-state index in [-0.39, 0.29) is 35.7 Å². The number of amides is 2. The van der Waals surface area contributed by atoms with Crippen molar-refractivity contribution in [2.75, 3.05) is 11.9 Å². The second kappa shape index (κ2) is 9.78. The molecule has 8 nitrogen and oxygen atoms in total. The third-order valence-electron chi connectivity index (χ3n) is 7.96. The average molecular weight is 541 g/mol. The largest absolute Gasteiger partial charge is 0.416 e. The fourth-order valence-electron chi connectivity index (χ4n) is 5.36. The second-order valence-corrected chi connectivity index (χ2v) is 10.8. The number of benzene rings is 2. The van der Waals surface area contributed by atoms with Gasteiger partial charge in [0.05, 0.1) is 12.1 Å². The van der Waals surface area contributed by atoms with Crippen molar-refractivity contribution in [2.45, 2.75) is 64.0 Å². The van der Waals surface area contributed by atoms with Gasteiger partial charge in [-0.2, -0.15) is 13.2 Å². The monoisotopic (exact) mass is 540 g/mol. The Morgan fingerprint density at radius 2 is 1.97 bits per heavy atom. The van der Waals surface area contributed by atoms with Crippen LogP contribution in [0.5, 0.6) is 0 Å². The summed E-state index contributed by atoms with van der Waals surface area (Å²) < 4.78 is 44.2. The van der Waals surface area contributed by atoms with Crippen molar-refractivity contribution in [3.05, 3.63) is 76.4 Å². The van der Waals surface area contributed by atoms with Gasteiger partial charge in [0, 0.05) is 44.4 Å². The summed E-state index contributed by atoms with van der Waals surface area (Å²) in [6.45, 7) is 3.55. The lowest BCUT2D eigenvalue weighted by atomic mass is 9.78. The van der Waals surface area contributed by atoms with E-state index in [1.807, 2.05) is 0 Å². The van der Waals surface area contributed by atoms with Gasteiger partial charge in [-0.25, -0.2) is 0 Å². The molecule has 1 aromatic heterocycles. The number of rotatable bonds is 7. The summed E-state index contributed by atoms with van der Waals surface area (Å²) in [6, 6.07) is 9.05. The van der Waals surface area contributed by atoms with Crippen molar-refractivity contribution in [3.63, 3.8) is 0 Å². The molecule has 5 rings (SSSR count). The first-order chi connectivity index (χ1) is 18.4. The number of aryl methyl sites for hydroxylation is 1. The van der Waals surface area contributed by atoms with E-state index >= 15 is 0 Å². The molecule has 0 bridgehead atoms. The minimum absolute atomic E-state index is 0.0257. The molecule has 39 heavy (non-hydrogen) atoms. The Morgan fingerprint density at radius 1 is 1.23 bits per heavy atom. The van der Waals surface area contributed by atoms with Crippen molar-refractivity contribution in [2.24, 2.45) is 7.05 Å². The van der Waals surface area contributed by atoms with Crippen LogP contribution in [0.25, 0.3) is 0 Å². The van der Waals surface area contributed by atoms with Crippen LogP contribution in [-0.2, 0) is 31.1 Å². The standard InChI is InChI=1S/C28H31F3N6O2/c1-17(38)36(4)24(25-34-33-16-35(25)3)19-7-5-8-20(13-19)37-15-22-21(26(37)39)11-18(12-23(22)28(29,30)31)14-32-27(2)9-6-10-27/h5,7-8,11-13,16,24,32H,6,9-10,14-15H2,1-4H3/t24-/m1/s1. The normalized spacial score (nSPS) is 17.1. The molecule has 1 atom stereocenters. The zero-order chi connectivity index (χ0) is 28.1. The molecule has 1 aliphatic heterocycles. The molecule has 0 unspecified atom stereocenters. The Hall–Kier alpha value is -3.73. The number of carbonyl (C=O) groups is 2. The maximum atomic E-state index is 14.2. The summed E-state index contributed by atoms with van der Waals surface area (Å²) in [7, 11) is 3.40. The lowest BCUT2D eigenvalue weighted by Crippen LogP contribution is -2.47. The molecule has 0 saturated heterocycles. The van der Waals surface area contributed by atoms with Crippen LogP contribution >= 0.6 is 0 Å². The number of aromatic nitrogens is 3. The highest BCUT2D eigenvalue weighted by molar-refractivity contribution is 6.10. The van der Waals surface area contributed by atoms with E-state index in [0.717, 1.165) is 25.3 Å². The van der Waals surface area contributed by atoms with E-state index in [9.17, 15) is 22.8 Å². The predicted octanol–water partition coefficient (Wildman–Crippen LogP) is 4.59. The number of nitrogens with zero attached hydrogens (tertiary/aromatic N) is 5. The molecular weight excluding hydrogens is 509 g/mol. The lowest BCUT2D eigenvalue weighted by Gasteiger charge is -2.39. The number of halogens is 3. The molecule has 0 spiro atoms. The average Bonchev–Trinajstić information content (AvgIpc) is 3.43. The molecule has 3 aromatic rings. The highest BCUT2D eigenvalue weighted by atomic mass is 19.4. The SMILES string of the molecule is CC(=O)N(C)[C@H](c1cccc(N2Cc3c(cc(CNC4(C)CCC4)cc3C(F)(F)F)C2=O)c1)c1nncn1C. The second-order valence-electron chi connectivity index (χ2n) is 10.8. The van der Waals surface area contributed by atoms with Crippen LogP contribution in [0, 0.1) is 0 Å². The molecule has 2 heterocycles. The van der Waals surface area contributed by atoms with Crippen LogP contribution in [0.2, 0.25) is 0 Å². The molecule has 1 saturated carbocycles. The fraction of sp³-hybridized carbons (Fsp3) is 0.429.